The molecule has 0 spiro atoms. The van der Waals surface area contributed by atoms with Gasteiger partial charge in [-0.25, -0.2) is 4.58 Å². The maximum atomic E-state index is 7.85. The van der Waals surface area contributed by atoms with Crippen molar-refractivity contribution in [3.63, 3.8) is 0 Å². The average molecular weight is 131 g/mol. The molecule has 0 atom stereocenters. The van der Waals surface area contributed by atoms with Crippen LogP contribution in [0.5, 0.6) is 0 Å². The molecule has 46 valence electrons. The molecule has 0 aliphatic heterocycles. The highest BCUT2D eigenvalue weighted by Gasteiger charge is 2.16. The van der Waals surface area contributed by atoms with Crippen molar-refractivity contribution in [1.82, 2.24) is 0 Å². The van der Waals surface area contributed by atoms with Crippen molar-refractivity contribution in [2.75, 3.05) is 0 Å². The second-order valence-electron chi connectivity index (χ2n) is 2.37. The predicted octanol–water partition coefficient (Wildman–Crippen LogP) is 1.25. The maximum absolute atomic E-state index is 7.85. The summed E-state index contributed by atoms with van der Waals surface area (Å²) < 4.78 is 4.66. The average Bonchev–Trinajstić information content (AvgIpc) is 1.59. The summed E-state index contributed by atoms with van der Waals surface area (Å²) in [6, 6.07) is 0. The lowest BCUT2D eigenvalue weighted by Gasteiger charge is -2.09. The Bertz CT molecular complexity index is 102. The van der Waals surface area contributed by atoms with E-state index in [4.69, 9.17) is 5.26 Å². The maximum Gasteiger partial charge on any atom is 0.323 e. The lowest BCUT2D eigenvalue weighted by atomic mass is 11.6. The third-order valence-corrected chi connectivity index (χ3v) is 0.912. The molecule has 3 nitrogen and oxygen atoms in total. The molecule has 0 saturated carbocycles. The zero-order valence-corrected chi connectivity index (χ0v) is 6.26. The summed E-state index contributed by atoms with van der Waals surface area (Å²) in [6.45, 7) is 5.80. The van der Waals surface area contributed by atoms with E-state index in [0.717, 1.165) is 0 Å². The Morgan fingerprint density at radius 2 is 1.88 bits per heavy atom. The largest absolute Gasteiger partial charge is 0.323 e. The van der Waals surface area contributed by atoms with Gasteiger partial charge in [0, 0.05) is 0 Å². The molecule has 0 unspecified atom stereocenters. The first-order valence-corrected chi connectivity index (χ1v) is 5.71. The fourth-order valence-corrected chi connectivity index (χ4v) is 0.431. The van der Waals surface area contributed by atoms with E-state index >= 15 is 0 Å². The van der Waals surface area contributed by atoms with Crippen molar-refractivity contribution in [3.05, 3.63) is 0 Å². The van der Waals surface area contributed by atoms with Crippen LogP contribution in [0.1, 0.15) is 0 Å². The normalized spacial score (nSPS) is 10.2. The highest BCUT2D eigenvalue weighted by molar-refractivity contribution is 6.69. The number of nitriles is 1. The summed E-state index contributed by atoms with van der Waals surface area (Å²) in [4.78, 5) is 4.07. The number of hydrogen-bond acceptors (Lipinski definition) is 3. The summed E-state index contributed by atoms with van der Waals surface area (Å²) in [6.07, 6.45) is 1.44. The Balaban J connectivity index is 3.28. The molecule has 4 heteroatoms. The molecular weight excluding hydrogens is 122 g/mol. The molecule has 0 aromatic carbocycles. The van der Waals surface area contributed by atoms with E-state index in [2.05, 4.69) is 9.46 Å². The lowest BCUT2D eigenvalue weighted by Crippen LogP contribution is -2.24. The van der Waals surface area contributed by atoms with E-state index in [-0.39, 0.29) is 0 Å². The number of rotatable bonds is 2. The van der Waals surface area contributed by atoms with Crippen LogP contribution in [-0.2, 0) is 9.46 Å². The van der Waals surface area contributed by atoms with Crippen molar-refractivity contribution in [2.45, 2.75) is 19.6 Å². The molecule has 0 N–H and O–H groups in total. The van der Waals surface area contributed by atoms with E-state index in [0.29, 0.717) is 0 Å². The Kier molecular flexibility index (Phi) is 2.52. The van der Waals surface area contributed by atoms with Gasteiger partial charge in [0.15, 0.2) is 0 Å². The zero-order chi connectivity index (χ0) is 6.62. The zero-order valence-electron chi connectivity index (χ0n) is 5.26. The Morgan fingerprint density at radius 1 is 1.38 bits per heavy atom. The van der Waals surface area contributed by atoms with E-state index in [1.54, 1.807) is 0 Å². The van der Waals surface area contributed by atoms with Gasteiger partial charge in [0.1, 0.15) is 0 Å². The lowest BCUT2D eigenvalue weighted by molar-refractivity contribution is -0.148. The van der Waals surface area contributed by atoms with E-state index < -0.39 is 8.32 Å². The summed E-state index contributed by atoms with van der Waals surface area (Å²) in [5, 5.41) is 7.85. The van der Waals surface area contributed by atoms with Crippen molar-refractivity contribution >= 4 is 8.32 Å². The van der Waals surface area contributed by atoms with Gasteiger partial charge in [-0.1, -0.05) is 0 Å². The minimum Gasteiger partial charge on any atom is -0.266 e. The van der Waals surface area contributed by atoms with Crippen molar-refractivity contribution in [1.29, 1.82) is 5.26 Å². The van der Waals surface area contributed by atoms with E-state index in [1.807, 2.05) is 19.6 Å². The number of hydrogen-bond donors (Lipinski definition) is 0. The molecule has 0 aromatic heterocycles. The molecular formula is C4H9NO2Si. The summed E-state index contributed by atoms with van der Waals surface area (Å²) in [7, 11) is -1.62. The standard InChI is InChI=1S/C4H9NO2Si/c1-8(2,3)7-6-4-5/h1-3H3. The van der Waals surface area contributed by atoms with Crippen LogP contribution in [0, 0.1) is 11.5 Å². The van der Waals surface area contributed by atoms with Gasteiger partial charge in [-0.15, -0.1) is 5.26 Å². The van der Waals surface area contributed by atoms with Crippen LogP contribution in [0.25, 0.3) is 0 Å². The van der Waals surface area contributed by atoms with Crippen LogP contribution in [0.4, 0.5) is 0 Å². The van der Waals surface area contributed by atoms with Gasteiger partial charge in [0.05, 0.1) is 0 Å². The quantitative estimate of drug-likeness (QED) is 0.245. The minimum atomic E-state index is -1.62. The second-order valence-corrected chi connectivity index (χ2v) is 6.76. The van der Waals surface area contributed by atoms with Crippen LogP contribution < -0.4 is 0 Å². The van der Waals surface area contributed by atoms with Gasteiger partial charge in [-0.05, 0) is 19.6 Å². The summed E-state index contributed by atoms with van der Waals surface area (Å²) in [5.74, 6) is 0. The highest BCUT2D eigenvalue weighted by Crippen LogP contribution is 2.01. The monoisotopic (exact) mass is 131 g/mol. The van der Waals surface area contributed by atoms with Gasteiger partial charge < -0.3 is 0 Å². The molecule has 8 heavy (non-hydrogen) atoms. The number of nitrogens with zero attached hydrogens (tertiary/aromatic N) is 1. The van der Waals surface area contributed by atoms with Gasteiger partial charge in [0.2, 0.25) is 8.32 Å². The Labute approximate surface area is 49.9 Å². The van der Waals surface area contributed by atoms with Crippen molar-refractivity contribution in [2.24, 2.45) is 0 Å². The molecule has 0 rings (SSSR count). The minimum absolute atomic E-state index is 1.44. The SMILES string of the molecule is C[Si](C)(C)OOC#N. The fraction of sp³-hybridized carbons (Fsp3) is 0.750. The van der Waals surface area contributed by atoms with Gasteiger partial charge in [0.25, 0.3) is 0 Å². The van der Waals surface area contributed by atoms with Gasteiger partial charge >= 0.3 is 6.26 Å². The van der Waals surface area contributed by atoms with Gasteiger partial charge in [-0.3, -0.25) is 4.89 Å². The third-order valence-electron chi connectivity index (χ3n) is 0.329. The van der Waals surface area contributed by atoms with Crippen LogP contribution >= 0.6 is 0 Å². The first-order chi connectivity index (χ1) is 3.56. The predicted molar refractivity (Wildman–Crippen MR) is 31.1 cm³/mol. The van der Waals surface area contributed by atoms with Crippen LogP contribution in [-0.4, -0.2) is 8.32 Å². The fourth-order valence-electron chi connectivity index (χ4n) is 0.144. The molecule has 0 fully saturated rings. The van der Waals surface area contributed by atoms with Crippen molar-refractivity contribution < 1.29 is 9.46 Å². The van der Waals surface area contributed by atoms with Crippen LogP contribution in [0.15, 0.2) is 0 Å². The Hall–Kier alpha value is -0.533. The van der Waals surface area contributed by atoms with E-state index in [9.17, 15) is 0 Å². The van der Waals surface area contributed by atoms with Crippen LogP contribution in [0.2, 0.25) is 19.6 Å². The molecule has 0 aliphatic carbocycles. The molecule has 0 aliphatic rings. The second kappa shape index (κ2) is 2.70. The van der Waals surface area contributed by atoms with Crippen LogP contribution in [0.3, 0.4) is 0 Å². The van der Waals surface area contributed by atoms with Gasteiger partial charge in [-0.2, -0.15) is 0 Å². The molecule has 0 aromatic rings. The molecule has 0 heterocycles. The first-order valence-electron chi connectivity index (χ1n) is 2.30. The summed E-state index contributed by atoms with van der Waals surface area (Å²) in [5.41, 5.74) is 0. The first kappa shape index (κ1) is 7.47. The molecule has 0 saturated heterocycles. The van der Waals surface area contributed by atoms with Crippen molar-refractivity contribution in [3.8, 4) is 6.26 Å². The highest BCUT2D eigenvalue weighted by atomic mass is 28.4. The molecule has 0 amide bonds. The third kappa shape index (κ3) is 5.47. The molecule has 0 radical (unpaired) electrons. The molecule has 0 bridgehead atoms. The van der Waals surface area contributed by atoms with E-state index in [1.165, 1.54) is 6.26 Å². The summed E-state index contributed by atoms with van der Waals surface area (Å²) >= 11 is 0. The Morgan fingerprint density at radius 3 is 2.00 bits per heavy atom. The smallest absolute Gasteiger partial charge is 0.266 e. The topological polar surface area (TPSA) is 42.2 Å².